The molecule has 3 heterocycles. The van der Waals surface area contributed by atoms with Gasteiger partial charge in [-0.3, -0.25) is 9.59 Å². The Kier molecular flexibility index (Phi) is 4.47. The number of aromatic nitrogens is 2. The molecule has 3 rings (SSSR count). The molecule has 122 valence electrons. The Morgan fingerprint density at radius 1 is 1.35 bits per heavy atom. The molecule has 23 heavy (non-hydrogen) atoms. The van der Waals surface area contributed by atoms with E-state index in [1.807, 2.05) is 22.4 Å². The highest BCUT2D eigenvalue weighted by Crippen LogP contribution is 2.23. The van der Waals surface area contributed by atoms with Gasteiger partial charge in [0.05, 0.1) is 4.88 Å². The van der Waals surface area contributed by atoms with Gasteiger partial charge in [0.15, 0.2) is 0 Å². The van der Waals surface area contributed by atoms with Crippen LogP contribution in [0.4, 0.5) is 5.69 Å². The summed E-state index contributed by atoms with van der Waals surface area (Å²) >= 11 is 1.52. The van der Waals surface area contributed by atoms with E-state index in [-0.39, 0.29) is 11.6 Å². The molecule has 2 N–H and O–H groups in total. The van der Waals surface area contributed by atoms with Crippen LogP contribution in [0, 0.1) is 0 Å². The topological polar surface area (TPSA) is 81.2 Å². The first-order valence-corrected chi connectivity index (χ1v) is 8.68. The molecule has 1 aliphatic rings. The fraction of sp³-hybridized carbons (Fsp3) is 0.438. The average molecular weight is 332 g/mol. The van der Waals surface area contributed by atoms with E-state index in [9.17, 15) is 9.59 Å². The van der Waals surface area contributed by atoms with Crippen LogP contribution in [0.5, 0.6) is 0 Å². The summed E-state index contributed by atoms with van der Waals surface area (Å²) in [6.45, 7) is 3.21. The quantitative estimate of drug-likeness (QED) is 0.933. The third kappa shape index (κ3) is 3.14. The summed E-state index contributed by atoms with van der Waals surface area (Å²) in [5.74, 6) is -0.0676. The van der Waals surface area contributed by atoms with E-state index in [1.165, 1.54) is 16.0 Å². The maximum atomic E-state index is 12.6. The molecule has 1 aliphatic heterocycles. The minimum atomic E-state index is -0.650. The maximum Gasteiger partial charge on any atom is 0.290 e. The second-order valence-corrected chi connectivity index (χ2v) is 6.72. The number of thiophene rings is 1. The minimum absolute atomic E-state index is 0.0676. The molecule has 2 aromatic rings. The summed E-state index contributed by atoms with van der Waals surface area (Å²) in [6, 6.07) is 4.75. The highest BCUT2D eigenvalue weighted by Gasteiger charge is 2.25. The van der Waals surface area contributed by atoms with Crippen molar-refractivity contribution in [2.24, 2.45) is 0 Å². The Morgan fingerprint density at radius 3 is 2.74 bits per heavy atom. The van der Waals surface area contributed by atoms with E-state index < -0.39 is 11.6 Å². The maximum absolute atomic E-state index is 12.6. The molecule has 0 unspecified atom stereocenters. The van der Waals surface area contributed by atoms with E-state index in [2.05, 4.69) is 5.10 Å². The van der Waals surface area contributed by atoms with Crippen LogP contribution in [0.2, 0.25) is 0 Å². The number of rotatable bonds is 3. The van der Waals surface area contributed by atoms with Gasteiger partial charge in [-0.15, -0.1) is 11.3 Å². The summed E-state index contributed by atoms with van der Waals surface area (Å²) in [5, 5.41) is 6.31. The predicted octanol–water partition coefficient (Wildman–Crippen LogP) is 2.13. The summed E-state index contributed by atoms with van der Waals surface area (Å²) in [5.41, 5.74) is 6.17. The summed E-state index contributed by atoms with van der Waals surface area (Å²) in [7, 11) is 0. The smallest absolute Gasteiger partial charge is 0.290 e. The average Bonchev–Trinajstić information content (AvgIpc) is 3.11. The second kappa shape index (κ2) is 6.54. The third-order valence-corrected chi connectivity index (χ3v) is 5.02. The zero-order valence-electron chi connectivity index (χ0n) is 13.1. The number of amides is 1. The van der Waals surface area contributed by atoms with Gasteiger partial charge in [0.1, 0.15) is 17.4 Å². The van der Waals surface area contributed by atoms with Crippen LogP contribution >= 0.6 is 11.3 Å². The fourth-order valence-corrected chi connectivity index (χ4v) is 3.50. The van der Waals surface area contributed by atoms with Gasteiger partial charge in [0, 0.05) is 13.1 Å². The molecule has 0 saturated carbocycles. The molecule has 2 aromatic heterocycles. The van der Waals surface area contributed by atoms with Crippen molar-refractivity contribution in [1.82, 2.24) is 14.7 Å². The lowest BCUT2D eigenvalue weighted by Crippen LogP contribution is -2.42. The van der Waals surface area contributed by atoms with Gasteiger partial charge < -0.3 is 10.6 Å². The van der Waals surface area contributed by atoms with Gasteiger partial charge in [0.25, 0.3) is 5.56 Å². The fourth-order valence-electron chi connectivity index (χ4n) is 2.82. The van der Waals surface area contributed by atoms with Gasteiger partial charge in [-0.05, 0) is 43.7 Å². The van der Waals surface area contributed by atoms with E-state index in [0.717, 1.165) is 37.2 Å². The molecule has 1 amide bonds. The van der Waals surface area contributed by atoms with Gasteiger partial charge in [-0.25, -0.2) is 4.68 Å². The SMILES string of the molecule is C[C@@H](C(=O)N1CCCCC1)n1nc(-c2cccs2)cc(N)c1=O. The van der Waals surface area contributed by atoms with Crippen molar-refractivity contribution < 1.29 is 4.79 Å². The largest absolute Gasteiger partial charge is 0.394 e. The van der Waals surface area contributed by atoms with Crippen LogP contribution in [-0.2, 0) is 4.79 Å². The monoisotopic (exact) mass is 332 g/mol. The van der Waals surface area contributed by atoms with E-state index in [1.54, 1.807) is 13.0 Å². The molecule has 0 bridgehead atoms. The van der Waals surface area contributed by atoms with Crippen LogP contribution in [0.15, 0.2) is 28.4 Å². The zero-order valence-corrected chi connectivity index (χ0v) is 13.9. The first kappa shape index (κ1) is 15.7. The van der Waals surface area contributed by atoms with Crippen molar-refractivity contribution in [2.75, 3.05) is 18.8 Å². The molecule has 0 aromatic carbocycles. The summed E-state index contributed by atoms with van der Waals surface area (Å²) in [4.78, 5) is 27.7. The highest BCUT2D eigenvalue weighted by molar-refractivity contribution is 7.13. The van der Waals surface area contributed by atoms with Crippen molar-refractivity contribution in [3.8, 4) is 10.6 Å². The lowest BCUT2D eigenvalue weighted by atomic mass is 10.1. The van der Waals surface area contributed by atoms with Crippen molar-refractivity contribution in [1.29, 1.82) is 0 Å². The van der Waals surface area contributed by atoms with Crippen molar-refractivity contribution in [2.45, 2.75) is 32.2 Å². The number of likely N-dealkylation sites (tertiary alicyclic amines) is 1. The Balaban J connectivity index is 1.94. The molecule has 0 spiro atoms. The Bertz CT molecular complexity index is 748. The highest BCUT2D eigenvalue weighted by atomic mass is 32.1. The first-order chi connectivity index (χ1) is 11.1. The number of hydrogen-bond donors (Lipinski definition) is 1. The number of carbonyl (C=O) groups excluding carboxylic acids is 1. The van der Waals surface area contributed by atoms with Gasteiger partial charge in [0.2, 0.25) is 5.91 Å². The van der Waals surface area contributed by atoms with Crippen LogP contribution in [-0.4, -0.2) is 33.7 Å². The molecule has 0 aliphatic carbocycles. The molecule has 7 heteroatoms. The number of hydrogen-bond acceptors (Lipinski definition) is 5. The number of nitrogen functional groups attached to an aromatic ring is 1. The normalized spacial score (nSPS) is 16.3. The number of anilines is 1. The van der Waals surface area contributed by atoms with Crippen molar-refractivity contribution in [3.05, 3.63) is 33.9 Å². The van der Waals surface area contributed by atoms with Gasteiger partial charge in [-0.2, -0.15) is 5.10 Å². The van der Waals surface area contributed by atoms with Crippen molar-refractivity contribution in [3.63, 3.8) is 0 Å². The minimum Gasteiger partial charge on any atom is -0.394 e. The molecular weight excluding hydrogens is 312 g/mol. The third-order valence-electron chi connectivity index (χ3n) is 4.13. The van der Waals surface area contributed by atoms with Crippen LogP contribution in [0.25, 0.3) is 10.6 Å². The van der Waals surface area contributed by atoms with E-state index in [4.69, 9.17) is 5.73 Å². The van der Waals surface area contributed by atoms with Crippen LogP contribution in [0.3, 0.4) is 0 Å². The van der Waals surface area contributed by atoms with Crippen LogP contribution in [0.1, 0.15) is 32.2 Å². The number of nitrogens with two attached hydrogens (primary N) is 1. The molecular formula is C16H20N4O2S. The van der Waals surface area contributed by atoms with E-state index >= 15 is 0 Å². The zero-order chi connectivity index (χ0) is 16.4. The first-order valence-electron chi connectivity index (χ1n) is 7.80. The summed E-state index contributed by atoms with van der Waals surface area (Å²) < 4.78 is 1.22. The van der Waals surface area contributed by atoms with E-state index in [0.29, 0.717) is 5.69 Å². The Hall–Kier alpha value is -2.15. The van der Waals surface area contributed by atoms with Gasteiger partial charge in [-0.1, -0.05) is 6.07 Å². The Morgan fingerprint density at radius 2 is 2.09 bits per heavy atom. The predicted molar refractivity (Wildman–Crippen MR) is 91.4 cm³/mol. The molecule has 1 atom stereocenters. The lowest BCUT2D eigenvalue weighted by Gasteiger charge is -2.29. The van der Waals surface area contributed by atoms with Crippen molar-refractivity contribution >= 4 is 22.9 Å². The standard InChI is InChI=1S/C16H20N4O2S/c1-11(15(21)19-7-3-2-4-8-19)20-16(22)12(17)10-13(18-20)14-6-5-9-23-14/h5-6,9-11H,2-4,7-8,17H2,1H3/t11-/m0/s1. The summed E-state index contributed by atoms with van der Waals surface area (Å²) in [6.07, 6.45) is 3.17. The second-order valence-electron chi connectivity index (χ2n) is 5.77. The van der Waals surface area contributed by atoms with Crippen LogP contribution < -0.4 is 11.3 Å². The Labute approximate surface area is 138 Å². The van der Waals surface area contributed by atoms with Gasteiger partial charge >= 0.3 is 0 Å². The number of piperidine rings is 1. The molecule has 1 fully saturated rings. The number of nitrogens with zero attached hydrogens (tertiary/aromatic N) is 3. The lowest BCUT2D eigenvalue weighted by molar-refractivity contribution is -0.135. The molecule has 0 radical (unpaired) electrons. The number of carbonyl (C=O) groups is 1. The molecule has 1 saturated heterocycles. The molecule has 6 nitrogen and oxygen atoms in total.